The van der Waals surface area contributed by atoms with Crippen LogP contribution in [0, 0.1) is 7.43 Å². The average Bonchev–Trinajstić information content (AvgIpc) is 1.58. The van der Waals surface area contributed by atoms with Gasteiger partial charge in [0.05, 0.1) is 0 Å². The number of halogens is 5. The Balaban J connectivity index is -0.000000167. The predicted octanol–water partition coefficient (Wildman–Crippen LogP) is 2.41. The normalized spacial score (nSPS) is 11.9. The molecule has 0 aliphatic heterocycles. The maximum Gasteiger partial charge on any atom is 0.468 e. The van der Waals surface area contributed by atoms with Crippen molar-refractivity contribution in [1.29, 1.82) is 0 Å². The van der Waals surface area contributed by atoms with E-state index in [2.05, 4.69) is 0 Å². The number of alkyl halides is 5. The minimum absolute atomic E-state index is 0. The standard InChI is InChI=1S/C2HF5O3S.2CH4.CH3/c3-1(4,5)2(6,7)11(8,9)10;;;/h(H,8,9,10);2*1H4;1H3/q;;;+1/p-1. The molecule has 0 radical (unpaired) electrons. The van der Waals surface area contributed by atoms with Crippen molar-refractivity contribution >= 4 is 10.1 Å². The van der Waals surface area contributed by atoms with Crippen LogP contribution in [-0.2, 0) is 10.1 Å². The Bertz CT molecular complexity index is 243. The van der Waals surface area contributed by atoms with E-state index in [1.807, 2.05) is 0 Å². The zero-order chi connectivity index (χ0) is 9.50. The van der Waals surface area contributed by atoms with Gasteiger partial charge < -0.3 is 4.55 Å². The zero-order valence-corrected chi connectivity index (χ0v) is 6.34. The molecule has 0 atom stereocenters. The molecule has 0 fully saturated rings. The second kappa shape index (κ2) is 5.35. The Hall–Kier alpha value is -0.570. The summed E-state index contributed by atoms with van der Waals surface area (Å²) in [6, 6.07) is 0. The van der Waals surface area contributed by atoms with Crippen molar-refractivity contribution in [3.8, 4) is 0 Å². The third kappa shape index (κ3) is 4.09. The minimum atomic E-state index is -6.67. The van der Waals surface area contributed by atoms with E-state index in [9.17, 15) is 34.9 Å². The van der Waals surface area contributed by atoms with Crippen LogP contribution >= 0.6 is 0 Å². The summed E-state index contributed by atoms with van der Waals surface area (Å²) < 4.78 is 83.6. The summed E-state index contributed by atoms with van der Waals surface area (Å²) in [5.74, 6) is 0. The molecule has 0 unspecified atom stereocenters. The molecular formula is C5H11F5O3S. The van der Waals surface area contributed by atoms with Gasteiger partial charge in [-0.25, -0.2) is 8.42 Å². The van der Waals surface area contributed by atoms with E-state index in [0.29, 0.717) is 0 Å². The molecule has 0 spiro atoms. The van der Waals surface area contributed by atoms with E-state index in [1.54, 1.807) is 0 Å². The fourth-order valence-corrected chi connectivity index (χ4v) is 0.425. The Morgan fingerprint density at radius 3 is 1.14 bits per heavy atom. The molecule has 0 N–H and O–H groups in total. The molecule has 0 aromatic rings. The molecule has 3 nitrogen and oxygen atoms in total. The smallest absolute Gasteiger partial charge is 0.468 e. The molecule has 0 bridgehead atoms. The maximum absolute atomic E-state index is 11.4. The second-order valence-electron chi connectivity index (χ2n) is 1.47. The van der Waals surface area contributed by atoms with Gasteiger partial charge in [-0.15, -0.1) is 0 Å². The highest BCUT2D eigenvalue weighted by molar-refractivity contribution is 7.86. The summed E-state index contributed by atoms with van der Waals surface area (Å²) in [4.78, 5) is 0. The van der Waals surface area contributed by atoms with E-state index in [0.717, 1.165) is 0 Å². The summed E-state index contributed by atoms with van der Waals surface area (Å²) in [5.41, 5.74) is 0. The van der Waals surface area contributed by atoms with Gasteiger partial charge in [0.2, 0.25) is 0 Å². The molecule has 0 saturated heterocycles. The number of hydrogen-bond donors (Lipinski definition) is 0. The van der Waals surface area contributed by atoms with Gasteiger partial charge in [0.15, 0.2) is 10.1 Å². The highest BCUT2D eigenvalue weighted by atomic mass is 32.2. The van der Waals surface area contributed by atoms with Crippen LogP contribution in [0.15, 0.2) is 0 Å². The first-order valence-corrected chi connectivity index (χ1v) is 3.31. The quantitative estimate of drug-likeness (QED) is 0.405. The van der Waals surface area contributed by atoms with Gasteiger partial charge in [0.25, 0.3) is 0 Å². The van der Waals surface area contributed by atoms with Gasteiger partial charge in [-0.05, 0) is 0 Å². The molecule has 0 heterocycles. The van der Waals surface area contributed by atoms with Crippen molar-refractivity contribution in [2.24, 2.45) is 0 Å². The first kappa shape index (κ1) is 23.3. The Morgan fingerprint density at radius 2 is 1.14 bits per heavy atom. The monoisotopic (exact) mass is 246 g/mol. The van der Waals surface area contributed by atoms with Gasteiger partial charge in [-0.1, -0.05) is 14.9 Å². The van der Waals surface area contributed by atoms with E-state index >= 15 is 0 Å². The fraction of sp³-hybridized carbons (Fsp3) is 0.800. The van der Waals surface area contributed by atoms with Gasteiger partial charge in [0, 0.05) is 7.43 Å². The molecule has 90 valence electrons. The lowest BCUT2D eigenvalue weighted by molar-refractivity contribution is -0.243. The summed E-state index contributed by atoms with van der Waals surface area (Å²) >= 11 is 0. The van der Waals surface area contributed by atoms with Crippen molar-refractivity contribution in [3.63, 3.8) is 0 Å². The molecule has 0 aromatic carbocycles. The number of rotatable bonds is 1. The Labute approximate surface area is 79.7 Å². The minimum Gasteiger partial charge on any atom is -0.743 e. The van der Waals surface area contributed by atoms with Crippen molar-refractivity contribution in [2.75, 3.05) is 0 Å². The summed E-state index contributed by atoms with van der Waals surface area (Å²) in [7, 11) is -6.67. The molecule has 0 rings (SSSR count). The van der Waals surface area contributed by atoms with Gasteiger partial charge in [0.1, 0.15) is 0 Å². The van der Waals surface area contributed by atoms with Crippen molar-refractivity contribution in [3.05, 3.63) is 7.43 Å². The maximum atomic E-state index is 11.4. The number of hydrogen-bond acceptors (Lipinski definition) is 3. The van der Waals surface area contributed by atoms with E-state index < -0.39 is 21.5 Å². The largest absolute Gasteiger partial charge is 0.743 e. The third-order valence-electron chi connectivity index (χ3n) is 0.644. The van der Waals surface area contributed by atoms with Gasteiger partial charge >= 0.3 is 11.4 Å². The molecule has 0 aliphatic carbocycles. The Kier molecular flexibility index (Phi) is 8.91. The van der Waals surface area contributed by atoms with Crippen LogP contribution in [0.25, 0.3) is 0 Å². The van der Waals surface area contributed by atoms with Crippen LogP contribution in [0.3, 0.4) is 0 Å². The molecule has 9 heteroatoms. The predicted molar refractivity (Wildman–Crippen MR) is 40.6 cm³/mol. The second-order valence-corrected chi connectivity index (χ2v) is 2.89. The summed E-state index contributed by atoms with van der Waals surface area (Å²) in [6.45, 7) is 0. The van der Waals surface area contributed by atoms with E-state index in [1.165, 1.54) is 0 Å². The average molecular weight is 246 g/mol. The summed E-state index contributed by atoms with van der Waals surface area (Å²) in [5, 5.41) is -6.21. The first-order valence-electron chi connectivity index (χ1n) is 1.90. The third-order valence-corrected chi connectivity index (χ3v) is 1.50. The van der Waals surface area contributed by atoms with Crippen molar-refractivity contribution < 1.29 is 34.9 Å². The topological polar surface area (TPSA) is 57.2 Å². The molecule has 0 amide bonds. The van der Waals surface area contributed by atoms with Crippen LogP contribution in [0.2, 0.25) is 0 Å². The molecule has 14 heavy (non-hydrogen) atoms. The van der Waals surface area contributed by atoms with Crippen LogP contribution < -0.4 is 0 Å². The van der Waals surface area contributed by atoms with Crippen LogP contribution in [0.1, 0.15) is 14.9 Å². The lowest BCUT2D eigenvalue weighted by Crippen LogP contribution is -2.43. The zero-order valence-electron chi connectivity index (χ0n) is 5.52. The lowest BCUT2D eigenvalue weighted by Gasteiger charge is -2.21. The van der Waals surface area contributed by atoms with Crippen molar-refractivity contribution in [2.45, 2.75) is 26.3 Å². The Morgan fingerprint density at radius 1 is 0.929 bits per heavy atom. The molecule has 0 aliphatic rings. The van der Waals surface area contributed by atoms with E-state index in [4.69, 9.17) is 0 Å². The van der Waals surface area contributed by atoms with Crippen LogP contribution in [0.5, 0.6) is 0 Å². The highest BCUT2D eigenvalue weighted by Gasteiger charge is 2.63. The van der Waals surface area contributed by atoms with Crippen LogP contribution in [0.4, 0.5) is 22.0 Å². The molecule has 0 aromatic heterocycles. The van der Waals surface area contributed by atoms with E-state index in [-0.39, 0.29) is 22.3 Å². The fourth-order valence-electron chi connectivity index (χ4n) is 0.142. The van der Waals surface area contributed by atoms with Gasteiger partial charge in [-0.2, -0.15) is 22.0 Å². The highest BCUT2D eigenvalue weighted by Crippen LogP contribution is 2.38. The molecule has 0 saturated carbocycles. The lowest BCUT2D eigenvalue weighted by atomic mass is 10.7. The van der Waals surface area contributed by atoms with Crippen LogP contribution in [-0.4, -0.2) is 24.4 Å². The summed E-state index contributed by atoms with van der Waals surface area (Å²) in [6.07, 6.45) is -6.35. The molecular weight excluding hydrogens is 235 g/mol. The first-order chi connectivity index (χ1) is 4.50. The van der Waals surface area contributed by atoms with Gasteiger partial charge in [-0.3, -0.25) is 0 Å². The van der Waals surface area contributed by atoms with Crippen molar-refractivity contribution in [1.82, 2.24) is 0 Å². The SMILES string of the molecule is C.C.O=S(=O)([O-])C(F)(F)C(F)(F)F.[CH3+].